The van der Waals surface area contributed by atoms with Gasteiger partial charge in [0.25, 0.3) is 0 Å². The van der Waals surface area contributed by atoms with Gasteiger partial charge in [-0.1, -0.05) is 18.2 Å². The SMILES string of the molecule is CCNC(=NCc1ccc(S(=O)(=O)N(C)C)cc1)NCCc1ccccn1.I. The number of guanidine groups is 1. The highest BCUT2D eigenvalue weighted by molar-refractivity contribution is 14.0. The zero-order valence-electron chi connectivity index (χ0n) is 16.4. The Balaban J connectivity index is 0.00000392. The van der Waals surface area contributed by atoms with Gasteiger partial charge in [-0.25, -0.2) is 17.7 Å². The second kappa shape index (κ2) is 12.0. The normalized spacial score (nSPS) is 11.8. The lowest BCUT2D eigenvalue weighted by Crippen LogP contribution is -2.38. The molecule has 0 bridgehead atoms. The number of benzene rings is 1. The lowest BCUT2D eigenvalue weighted by atomic mass is 10.2. The van der Waals surface area contributed by atoms with Crippen molar-refractivity contribution in [2.24, 2.45) is 4.99 Å². The Bertz CT molecular complexity index is 840. The van der Waals surface area contributed by atoms with Crippen LogP contribution in [0.2, 0.25) is 0 Å². The maximum atomic E-state index is 12.1. The Morgan fingerprint density at radius 3 is 2.39 bits per heavy atom. The number of nitrogens with zero attached hydrogens (tertiary/aromatic N) is 3. The van der Waals surface area contributed by atoms with Crippen molar-refractivity contribution in [1.82, 2.24) is 19.9 Å². The van der Waals surface area contributed by atoms with E-state index in [1.807, 2.05) is 25.1 Å². The fourth-order valence-electron chi connectivity index (χ4n) is 2.34. The summed E-state index contributed by atoms with van der Waals surface area (Å²) in [5.74, 6) is 0.721. The molecule has 0 fully saturated rings. The summed E-state index contributed by atoms with van der Waals surface area (Å²) in [5.41, 5.74) is 1.97. The van der Waals surface area contributed by atoms with Gasteiger partial charge in [-0.15, -0.1) is 24.0 Å². The average molecular weight is 517 g/mol. The molecule has 154 valence electrons. The minimum atomic E-state index is -3.41. The van der Waals surface area contributed by atoms with Gasteiger partial charge in [-0.3, -0.25) is 4.98 Å². The van der Waals surface area contributed by atoms with Gasteiger partial charge in [-0.2, -0.15) is 0 Å². The molecular formula is C19H28IN5O2S. The van der Waals surface area contributed by atoms with E-state index in [-0.39, 0.29) is 28.9 Å². The predicted octanol–water partition coefficient (Wildman–Crippen LogP) is 2.25. The van der Waals surface area contributed by atoms with Gasteiger partial charge in [0.1, 0.15) is 0 Å². The number of sulfonamides is 1. The van der Waals surface area contributed by atoms with Crippen molar-refractivity contribution < 1.29 is 8.42 Å². The van der Waals surface area contributed by atoms with Gasteiger partial charge >= 0.3 is 0 Å². The molecule has 7 nitrogen and oxygen atoms in total. The van der Waals surface area contributed by atoms with Gasteiger partial charge in [0.05, 0.1) is 11.4 Å². The lowest BCUT2D eigenvalue weighted by Gasteiger charge is -2.12. The van der Waals surface area contributed by atoms with Gasteiger partial charge in [0.2, 0.25) is 10.0 Å². The van der Waals surface area contributed by atoms with Crippen LogP contribution in [-0.4, -0.2) is 50.9 Å². The molecule has 0 unspecified atom stereocenters. The highest BCUT2D eigenvalue weighted by atomic mass is 127. The lowest BCUT2D eigenvalue weighted by molar-refractivity contribution is 0.520. The first-order chi connectivity index (χ1) is 12.9. The van der Waals surface area contributed by atoms with Crippen molar-refractivity contribution in [1.29, 1.82) is 0 Å². The number of aromatic nitrogens is 1. The van der Waals surface area contributed by atoms with Crippen molar-refractivity contribution >= 4 is 40.0 Å². The Morgan fingerprint density at radius 2 is 1.82 bits per heavy atom. The second-order valence-electron chi connectivity index (χ2n) is 6.12. The van der Waals surface area contributed by atoms with Gasteiger partial charge in [0, 0.05) is 45.5 Å². The molecule has 2 rings (SSSR count). The molecule has 0 saturated carbocycles. The first kappa shape index (κ1) is 24.3. The summed E-state index contributed by atoms with van der Waals surface area (Å²) >= 11 is 0. The molecule has 1 aromatic heterocycles. The molecule has 0 aliphatic carbocycles. The predicted molar refractivity (Wildman–Crippen MR) is 123 cm³/mol. The highest BCUT2D eigenvalue weighted by Gasteiger charge is 2.16. The van der Waals surface area contributed by atoms with Crippen LogP contribution in [0.4, 0.5) is 0 Å². The zero-order chi connectivity index (χ0) is 19.7. The molecule has 1 heterocycles. The van der Waals surface area contributed by atoms with E-state index in [9.17, 15) is 8.42 Å². The molecule has 0 radical (unpaired) electrons. The summed E-state index contributed by atoms with van der Waals surface area (Å²) in [4.78, 5) is 9.14. The number of rotatable bonds is 8. The van der Waals surface area contributed by atoms with E-state index in [2.05, 4.69) is 20.6 Å². The summed E-state index contributed by atoms with van der Waals surface area (Å²) in [5, 5.41) is 6.49. The highest BCUT2D eigenvalue weighted by Crippen LogP contribution is 2.14. The van der Waals surface area contributed by atoms with E-state index < -0.39 is 10.0 Å². The van der Waals surface area contributed by atoms with Gasteiger partial charge in [0.15, 0.2) is 5.96 Å². The monoisotopic (exact) mass is 517 g/mol. The Kier molecular flexibility index (Phi) is 10.4. The molecule has 0 amide bonds. The maximum absolute atomic E-state index is 12.1. The summed E-state index contributed by atoms with van der Waals surface area (Å²) in [6.45, 7) is 3.95. The van der Waals surface area contributed by atoms with Crippen LogP contribution in [0.15, 0.2) is 58.5 Å². The molecule has 0 saturated heterocycles. The average Bonchev–Trinajstić information content (AvgIpc) is 2.67. The Morgan fingerprint density at radius 1 is 1.11 bits per heavy atom. The molecular weight excluding hydrogens is 489 g/mol. The molecule has 0 aliphatic rings. The first-order valence-electron chi connectivity index (χ1n) is 8.87. The minimum absolute atomic E-state index is 0. The van der Waals surface area contributed by atoms with Crippen molar-refractivity contribution in [3.8, 4) is 0 Å². The Labute approximate surface area is 184 Å². The summed E-state index contributed by atoms with van der Waals surface area (Å²) in [7, 11) is -0.364. The van der Waals surface area contributed by atoms with Crippen LogP contribution in [0, 0.1) is 0 Å². The van der Waals surface area contributed by atoms with Crippen LogP contribution < -0.4 is 10.6 Å². The van der Waals surface area contributed by atoms with Crippen LogP contribution >= 0.6 is 24.0 Å². The smallest absolute Gasteiger partial charge is 0.242 e. The Hall–Kier alpha value is -1.72. The van der Waals surface area contributed by atoms with E-state index >= 15 is 0 Å². The van der Waals surface area contributed by atoms with Crippen LogP contribution in [0.1, 0.15) is 18.2 Å². The van der Waals surface area contributed by atoms with Crippen LogP contribution in [0.3, 0.4) is 0 Å². The molecule has 0 spiro atoms. The van der Waals surface area contributed by atoms with Gasteiger partial charge < -0.3 is 10.6 Å². The summed E-state index contributed by atoms with van der Waals surface area (Å²) < 4.78 is 25.4. The largest absolute Gasteiger partial charge is 0.357 e. The third-order valence-corrected chi connectivity index (χ3v) is 5.69. The summed E-state index contributed by atoms with van der Waals surface area (Å²) in [6, 6.07) is 12.7. The number of halogens is 1. The first-order valence-corrected chi connectivity index (χ1v) is 10.3. The summed E-state index contributed by atoms with van der Waals surface area (Å²) in [6.07, 6.45) is 2.59. The van der Waals surface area contributed by atoms with Crippen LogP contribution in [0.5, 0.6) is 0 Å². The van der Waals surface area contributed by atoms with Crippen molar-refractivity contribution in [2.75, 3.05) is 27.2 Å². The third-order valence-electron chi connectivity index (χ3n) is 3.87. The number of pyridine rings is 1. The maximum Gasteiger partial charge on any atom is 0.242 e. The number of hydrogen-bond donors (Lipinski definition) is 2. The van der Waals surface area contributed by atoms with Crippen LogP contribution in [-0.2, 0) is 23.0 Å². The van der Waals surface area contributed by atoms with E-state index in [0.29, 0.717) is 6.54 Å². The van der Waals surface area contributed by atoms with Crippen molar-refractivity contribution in [2.45, 2.75) is 24.8 Å². The topological polar surface area (TPSA) is 86.7 Å². The van der Waals surface area contributed by atoms with Crippen molar-refractivity contribution in [3.63, 3.8) is 0 Å². The zero-order valence-corrected chi connectivity index (χ0v) is 19.6. The van der Waals surface area contributed by atoms with Crippen LogP contribution in [0.25, 0.3) is 0 Å². The number of aliphatic imine (C=N–C) groups is 1. The molecule has 2 aromatic rings. The molecule has 1 aromatic carbocycles. The second-order valence-corrected chi connectivity index (χ2v) is 8.28. The fraction of sp³-hybridized carbons (Fsp3) is 0.368. The molecule has 0 atom stereocenters. The quantitative estimate of drug-likeness (QED) is 0.319. The number of nitrogens with one attached hydrogen (secondary N) is 2. The molecule has 28 heavy (non-hydrogen) atoms. The number of hydrogen-bond acceptors (Lipinski definition) is 4. The van der Waals surface area contributed by atoms with E-state index in [0.717, 1.165) is 36.7 Å². The van der Waals surface area contributed by atoms with Crippen molar-refractivity contribution in [3.05, 3.63) is 59.9 Å². The molecule has 2 N–H and O–H groups in total. The van der Waals surface area contributed by atoms with Gasteiger partial charge in [-0.05, 0) is 36.8 Å². The minimum Gasteiger partial charge on any atom is -0.357 e. The molecule has 9 heteroatoms. The molecule has 0 aliphatic heterocycles. The van der Waals surface area contributed by atoms with E-state index in [4.69, 9.17) is 0 Å². The third kappa shape index (κ3) is 7.36. The fourth-order valence-corrected chi connectivity index (χ4v) is 3.25. The van der Waals surface area contributed by atoms with E-state index in [1.54, 1.807) is 30.5 Å². The standard InChI is InChI=1S/C19H27N5O2S.HI/c1-4-20-19(22-14-12-17-7-5-6-13-21-17)23-15-16-8-10-18(11-9-16)27(25,26)24(2)3;/h5-11,13H,4,12,14-15H2,1-3H3,(H2,20,22,23);1H. The van der Waals surface area contributed by atoms with E-state index in [1.165, 1.54) is 18.4 Å².